The van der Waals surface area contributed by atoms with Crippen molar-refractivity contribution in [1.82, 2.24) is 4.98 Å². The number of carbonyl (C=O) groups excluding carboxylic acids is 1. The largest absolute Gasteiger partial charge is 0.299 e. The van der Waals surface area contributed by atoms with E-state index in [-0.39, 0.29) is 11.2 Å². The summed E-state index contributed by atoms with van der Waals surface area (Å²) in [6, 6.07) is 1.86. The van der Waals surface area contributed by atoms with Gasteiger partial charge in [-0.15, -0.1) is 0 Å². The second-order valence-electron chi connectivity index (χ2n) is 4.64. The number of pyridine rings is 1. The smallest absolute Gasteiger partial charge is 0.138 e. The Kier molecular flexibility index (Phi) is 3.86. The number of carbonyl (C=O) groups is 1. The summed E-state index contributed by atoms with van der Waals surface area (Å²) in [6.07, 6.45) is 4.53. The summed E-state index contributed by atoms with van der Waals surface area (Å²) in [5, 5.41) is 0.638. The zero-order chi connectivity index (χ0) is 11.5. The number of aryl methyl sites for hydroxylation is 1. The van der Waals surface area contributed by atoms with Crippen molar-refractivity contribution in [3.8, 4) is 0 Å². The molecule has 3 heteroatoms. The van der Waals surface area contributed by atoms with Crippen LogP contribution in [0.25, 0.3) is 0 Å². The third-order valence-corrected chi connectivity index (χ3v) is 2.65. The fourth-order valence-corrected chi connectivity index (χ4v) is 1.44. The summed E-state index contributed by atoms with van der Waals surface area (Å²) in [5.74, 6) is 0.260. The highest BCUT2D eigenvalue weighted by molar-refractivity contribution is 6.31. The second kappa shape index (κ2) is 4.75. The zero-order valence-corrected chi connectivity index (χ0v) is 10.1. The van der Waals surface area contributed by atoms with Crippen molar-refractivity contribution < 1.29 is 4.79 Å². The van der Waals surface area contributed by atoms with E-state index in [1.165, 1.54) is 0 Å². The molecule has 0 N–H and O–H groups in total. The average molecular weight is 226 g/mol. The monoisotopic (exact) mass is 225 g/mol. The minimum Gasteiger partial charge on any atom is -0.299 e. The SMILES string of the molecule is CC(C)(C)C(=O)CCc1ccncc1Cl. The van der Waals surface area contributed by atoms with Crippen LogP contribution >= 0.6 is 11.6 Å². The minimum atomic E-state index is -0.264. The van der Waals surface area contributed by atoms with Gasteiger partial charge in [0.1, 0.15) is 5.78 Å². The molecule has 1 rings (SSSR count). The lowest BCUT2D eigenvalue weighted by atomic mass is 9.87. The van der Waals surface area contributed by atoms with E-state index in [0.717, 1.165) is 5.56 Å². The van der Waals surface area contributed by atoms with E-state index in [9.17, 15) is 4.79 Å². The molecule has 0 bridgehead atoms. The van der Waals surface area contributed by atoms with Crippen molar-refractivity contribution in [2.24, 2.45) is 5.41 Å². The van der Waals surface area contributed by atoms with Crippen LogP contribution in [0.2, 0.25) is 5.02 Å². The van der Waals surface area contributed by atoms with Crippen LogP contribution in [0, 0.1) is 5.41 Å². The lowest BCUT2D eigenvalue weighted by Crippen LogP contribution is -2.20. The van der Waals surface area contributed by atoms with Gasteiger partial charge in [0.25, 0.3) is 0 Å². The van der Waals surface area contributed by atoms with E-state index in [1.807, 2.05) is 26.8 Å². The molecule has 0 aliphatic carbocycles. The summed E-state index contributed by atoms with van der Waals surface area (Å²) in [6.45, 7) is 5.80. The molecule has 0 saturated heterocycles. The third-order valence-electron chi connectivity index (χ3n) is 2.31. The van der Waals surface area contributed by atoms with Crippen LogP contribution in [0.15, 0.2) is 18.5 Å². The van der Waals surface area contributed by atoms with Crippen molar-refractivity contribution in [1.29, 1.82) is 0 Å². The second-order valence-corrected chi connectivity index (χ2v) is 5.05. The first-order valence-corrected chi connectivity index (χ1v) is 5.41. The summed E-state index contributed by atoms with van der Waals surface area (Å²) in [4.78, 5) is 15.6. The normalized spacial score (nSPS) is 11.5. The topological polar surface area (TPSA) is 30.0 Å². The van der Waals surface area contributed by atoms with Crippen molar-refractivity contribution in [3.05, 3.63) is 29.0 Å². The number of halogens is 1. The summed E-state index contributed by atoms with van der Waals surface area (Å²) >= 11 is 5.95. The highest BCUT2D eigenvalue weighted by atomic mass is 35.5. The van der Waals surface area contributed by atoms with Gasteiger partial charge in [0.2, 0.25) is 0 Å². The van der Waals surface area contributed by atoms with E-state index < -0.39 is 0 Å². The number of aromatic nitrogens is 1. The van der Waals surface area contributed by atoms with Crippen LogP contribution in [-0.2, 0) is 11.2 Å². The molecule has 2 nitrogen and oxygen atoms in total. The van der Waals surface area contributed by atoms with E-state index >= 15 is 0 Å². The molecule has 82 valence electrons. The van der Waals surface area contributed by atoms with Crippen LogP contribution in [0.5, 0.6) is 0 Å². The maximum Gasteiger partial charge on any atom is 0.138 e. The Balaban J connectivity index is 2.59. The van der Waals surface area contributed by atoms with E-state index in [4.69, 9.17) is 11.6 Å². The molecule has 1 aromatic heterocycles. The molecule has 1 heterocycles. The average Bonchev–Trinajstić information content (AvgIpc) is 2.14. The molecule has 0 spiro atoms. The number of rotatable bonds is 3. The zero-order valence-electron chi connectivity index (χ0n) is 9.38. The lowest BCUT2D eigenvalue weighted by molar-refractivity contribution is -0.126. The first kappa shape index (κ1) is 12.2. The summed E-state index contributed by atoms with van der Waals surface area (Å²) in [7, 11) is 0. The van der Waals surface area contributed by atoms with Crippen molar-refractivity contribution in [3.63, 3.8) is 0 Å². The quantitative estimate of drug-likeness (QED) is 0.790. The molecule has 0 aliphatic heterocycles. The van der Waals surface area contributed by atoms with Crippen LogP contribution in [-0.4, -0.2) is 10.8 Å². The number of nitrogens with zero attached hydrogens (tertiary/aromatic N) is 1. The van der Waals surface area contributed by atoms with Gasteiger partial charge in [-0.25, -0.2) is 0 Å². The molecule has 1 aromatic rings. The van der Waals surface area contributed by atoms with Gasteiger partial charge in [0.15, 0.2) is 0 Å². The van der Waals surface area contributed by atoms with Gasteiger partial charge in [-0.05, 0) is 18.1 Å². The summed E-state index contributed by atoms with van der Waals surface area (Å²) in [5.41, 5.74) is 0.726. The van der Waals surface area contributed by atoms with E-state index in [1.54, 1.807) is 12.4 Å². The molecule has 0 aromatic carbocycles. The first-order chi connectivity index (χ1) is 6.91. The number of hydrogen-bond donors (Lipinski definition) is 0. The van der Waals surface area contributed by atoms with Crippen molar-refractivity contribution in [2.45, 2.75) is 33.6 Å². The van der Waals surface area contributed by atoms with E-state index in [2.05, 4.69) is 4.98 Å². The first-order valence-electron chi connectivity index (χ1n) is 5.03. The molecule has 0 amide bonds. The Morgan fingerprint density at radius 2 is 2.13 bits per heavy atom. The highest BCUT2D eigenvalue weighted by Crippen LogP contribution is 2.20. The molecule has 0 atom stereocenters. The highest BCUT2D eigenvalue weighted by Gasteiger charge is 2.20. The molecule has 0 fully saturated rings. The van der Waals surface area contributed by atoms with Gasteiger partial charge in [-0.2, -0.15) is 0 Å². The van der Waals surface area contributed by atoms with Gasteiger partial charge in [-0.1, -0.05) is 32.4 Å². The molecule has 0 aliphatic rings. The Labute approximate surface area is 95.7 Å². The number of hydrogen-bond acceptors (Lipinski definition) is 2. The molecule has 0 radical (unpaired) electrons. The van der Waals surface area contributed by atoms with Gasteiger partial charge in [-0.3, -0.25) is 9.78 Å². The van der Waals surface area contributed by atoms with Crippen LogP contribution in [0.1, 0.15) is 32.8 Å². The Morgan fingerprint density at radius 3 is 2.67 bits per heavy atom. The van der Waals surface area contributed by atoms with E-state index in [0.29, 0.717) is 17.9 Å². The number of ketones is 1. The minimum absolute atomic E-state index is 0.260. The maximum atomic E-state index is 11.7. The molecule has 0 unspecified atom stereocenters. The Bertz CT molecular complexity index is 355. The Morgan fingerprint density at radius 1 is 1.47 bits per heavy atom. The van der Waals surface area contributed by atoms with Gasteiger partial charge in [0.05, 0.1) is 5.02 Å². The van der Waals surface area contributed by atoms with Crippen molar-refractivity contribution in [2.75, 3.05) is 0 Å². The fourth-order valence-electron chi connectivity index (χ4n) is 1.23. The van der Waals surface area contributed by atoms with Gasteiger partial charge in [0, 0.05) is 24.2 Å². The standard InChI is InChI=1S/C12H16ClNO/c1-12(2,3)11(15)5-4-9-6-7-14-8-10(9)13/h6-8H,4-5H2,1-3H3. The van der Waals surface area contributed by atoms with Gasteiger partial charge < -0.3 is 0 Å². The molecular formula is C12H16ClNO. The summed E-state index contributed by atoms with van der Waals surface area (Å²) < 4.78 is 0. The van der Waals surface area contributed by atoms with Crippen LogP contribution < -0.4 is 0 Å². The lowest BCUT2D eigenvalue weighted by Gasteiger charge is -2.16. The fraction of sp³-hybridized carbons (Fsp3) is 0.500. The third kappa shape index (κ3) is 3.63. The maximum absolute atomic E-state index is 11.7. The predicted octanol–water partition coefficient (Wildman–Crippen LogP) is 3.28. The molecule has 0 saturated carbocycles. The number of Topliss-reactive ketones (excluding diaryl/α,β-unsaturated/α-hetero) is 1. The molecular weight excluding hydrogens is 210 g/mol. The van der Waals surface area contributed by atoms with Gasteiger partial charge >= 0.3 is 0 Å². The van der Waals surface area contributed by atoms with Crippen LogP contribution in [0.4, 0.5) is 0 Å². The van der Waals surface area contributed by atoms with Crippen LogP contribution in [0.3, 0.4) is 0 Å². The predicted molar refractivity (Wildman–Crippen MR) is 62.0 cm³/mol. The van der Waals surface area contributed by atoms with Crippen molar-refractivity contribution >= 4 is 17.4 Å². The Hall–Kier alpha value is -0.890. The molecule has 15 heavy (non-hydrogen) atoms.